The molecule has 7 heteroatoms. The number of benzene rings is 1. The van der Waals surface area contributed by atoms with E-state index in [0.717, 1.165) is 37.4 Å². The lowest BCUT2D eigenvalue weighted by Gasteiger charge is -2.34. The Balaban J connectivity index is 1.55. The molecule has 1 aliphatic rings. The summed E-state index contributed by atoms with van der Waals surface area (Å²) in [5.41, 5.74) is 3.62. The van der Waals surface area contributed by atoms with Crippen molar-refractivity contribution in [1.29, 1.82) is 0 Å². The summed E-state index contributed by atoms with van der Waals surface area (Å²) in [5, 5.41) is 4.35. The first-order valence-corrected chi connectivity index (χ1v) is 9.64. The fourth-order valence-corrected chi connectivity index (χ4v) is 3.90. The maximum absolute atomic E-state index is 5.25. The summed E-state index contributed by atoms with van der Waals surface area (Å²) in [6, 6.07) is 8.78. The van der Waals surface area contributed by atoms with Crippen LogP contribution in [-0.4, -0.2) is 39.8 Å². The molecule has 26 heavy (non-hydrogen) atoms. The van der Waals surface area contributed by atoms with E-state index in [1.54, 1.807) is 13.4 Å². The molecule has 0 atom stereocenters. The van der Waals surface area contributed by atoms with Crippen molar-refractivity contribution in [3.05, 3.63) is 51.9 Å². The summed E-state index contributed by atoms with van der Waals surface area (Å²) >= 11 is 3.59. The molecule has 0 bridgehead atoms. The molecule has 4 rings (SSSR count). The van der Waals surface area contributed by atoms with E-state index in [1.165, 1.54) is 15.6 Å². The number of rotatable bonds is 4. The Kier molecular flexibility index (Phi) is 4.91. The number of methoxy groups -OCH3 is 1. The lowest BCUT2D eigenvalue weighted by atomic mass is 9.89. The van der Waals surface area contributed by atoms with Gasteiger partial charge in [-0.3, -0.25) is 0 Å². The number of nitrogens with zero attached hydrogens (tertiary/aromatic N) is 5. The van der Waals surface area contributed by atoms with E-state index in [1.807, 2.05) is 4.52 Å². The zero-order valence-corrected chi connectivity index (χ0v) is 16.6. The highest BCUT2D eigenvalue weighted by Gasteiger charge is 2.23. The predicted octanol–water partition coefficient (Wildman–Crippen LogP) is 3.73. The minimum absolute atomic E-state index is 0.477. The van der Waals surface area contributed by atoms with Crippen molar-refractivity contribution >= 4 is 27.5 Å². The Bertz CT molecular complexity index is 917. The molecule has 0 amide bonds. The van der Waals surface area contributed by atoms with Crippen molar-refractivity contribution in [2.45, 2.75) is 32.3 Å². The first-order valence-electron chi connectivity index (χ1n) is 8.85. The lowest BCUT2D eigenvalue weighted by Crippen LogP contribution is -2.34. The molecule has 0 N–H and O–H groups in total. The number of hydrogen-bond donors (Lipinski definition) is 0. The topological polar surface area (TPSA) is 55.6 Å². The van der Waals surface area contributed by atoms with Gasteiger partial charge in [0.05, 0.1) is 12.3 Å². The molecular formula is C19H22BrN5O. The Morgan fingerprint density at radius 3 is 2.77 bits per heavy atom. The summed E-state index contributed by atoms with van der Waals surface area (Å²) < 4.78 is 8.25. The van der Waals surface area contributed by atoms with Crippen LogP contribution in [0.2, 0.25) is 0 Å². The molecule has 1 aromatic carbocycles. The number of anilines is 1. The van der Waals surface area contributed by atoms with Crippen molar-refractivity contribution < 1.29 is 4.74 Å². The third-order valence-corrected chi connectivity index (χ3v) is 5.94. The van der Waals surface area contributed by atoms with Crippen LogP contribution in [-0.2, 0) is 11.3 Å². The van der Waals surface area contributed by atoms with Crippen LogP contribution in [0.1, 0.15) is 35.6 Å². The van der Waals surface area contributed by atoms with Crippen molar-refractivity contribution in [1.82, 2.24) is 19.6 Å². The monoisotopic (exact) mass is 415 g/mol. The summed E-state index contributed by atoms with van der Waals surface area (Å²) in [6.07, 6.45) is 3.80. The normalized spacial score (nSPS) is 15.7. The quantitative estimate of drug-likeness (QED) is 0.649. The number of halogens is 1. The van der Waals surface area contributed by atoms with Gasteiger partial charge in [0.2, 0.25) is 0 Å². The van der Waals surface area contributed by atoms with Crippen LogP contribution >= 0.6 is 15.9 Å². The first kappa shape index (κ1) is 17.4. The van der Waals surface area contributed by atoms with E-state index in [9.17, 15) is 0 Å². The maximum atomic E-state index is 5.25. The molecule has 0 spiro atoms. The van der Waals surface area contributed by atoms with Gasteiger partial charge in [-0.05, 0) is 42.9 Å². The van der Waals surface area contributed by atoms with Crippen LogP contribution in [0.5, 0.6) is 0 Å². The van der Waals surface area contributed by atoms with Gasteiger partial charge < -0.3 is 9.64 Å². The Labute approximate surface area is 161 Å². The maximum Gasteiger partial charge on any atom is 0.254 e. The van der Waals surface area contributed by atoms with Crippen LogP contribution in [0.4, 0.5) is 5.82 Å². The van der Waals surface area contributed by atoms with Gasteiger partial charge in [0.15, 0.2) is 0 Å². The zero-order valence-electron chi connectivity index (χ0n) is 15.0. The number of fused-ring (bicyclic) bond motifs is 1. The molecule has 2 aromatic heterocycles. The van der Waals surface area contributed by atoms with Crippen LogP contribution in [0, 0.1) is 6.92 Å². The highest BCUT2D eigenvalue weighted by atomic mass is 79.9. The Hall–Kier alpha value is -1.99. The van der Waals surface area contributed by atoms with Gasteiger partial charge in [-0.25, -0.2) is 4.98 Å². The molecule has 3 heterocycles. The summed E-state index contributed by atoms with van der Waals surface area (Å²) in [4.78, 5) is 11.1. The summed E-state index contributed by atoms with van der Waals surface area (Å²) in [5.74, 6) is 2.27. The van der Waals surface area contributed by atoms with E-state index >= 15 is 0 Å². The second-order valence-electron chi connectivity index (χ2n) is 6.78. The fraction of sp³-hybridized carbons (Fsp3) is 0.421. The molecule has 0 unspecified atom stereocenters. The highest BCUT2D eigenvalue weighted by Crippen LogP contribution is 2.32. The van der Waals surface area contributed by atoms with Crippen molar-refractivity contribution in [2.24, 2.45) is 0 Å². The van der Waals surface area contributed by atoms with Gasteiger partial charge in [-0.2, -0.15) is 14.6 Å². The third-order valence-electron chi connectivity index (χ3n) is 5.05. The van der Waals surface area contributed by atoms with Crippen LogP contribution in [0.15, 0.2) is 35.1 Å². The highest BCUT2D eigenvalue weighted by molar-refractivity contribution is 9.10. The standard InChI is InChI=1S/C19H22BrN5O/c1-13-9-15(3-4-17(13)20)14-5-7-24(8-6-14)18-10-16(11-26-2)23-19-21-12-22-25(18)19/h3-4,9-10,12,14H,5-8,11H2,1-2H3. The molecule has 0 radical (unpaired) electrons. The third kappa shape index (κ3) is 3.33. The van der Waals surface area contributed by atoms with Gasteiger partial charge in [-0.15, -0.1) is 0 Å². The summed E-state index contributed by atoms with van der Waals surface area (Å²) in [7, 11) is 1.68. The molecule has 136 valence electrons. The second kappa shape index (κ2) is 7.32. The van der Waals surface area contributed by atoms with Crippen LogP contribution in [0.25, 0.3) is 5.78 Å². The average molecular weight is 416 g/mol. The van der Waals surface area contributed by atoms with E-state index in [4.69, 9.17) is 4.74 Å². The van der Waals surface area contributed by atoms with E-state index < -0.39 is 0 Å². The van der Waals surface area contributed by atoms with Gasteiger partial charge in [0.1, 0.15) is 12.1 Å². The smallest absolute Gasteiger partial charge is 0.254 e. The minimum atomic E-state index is 0.477. The Morgan fingerprint density at radius 1 is 1.23 bits per heavy atom. The predicted molar refractivity (Wildman–Crippen MR) is 105 cm³/mol. The second-order valence-corrected chi connectivity index (χ2v) is 7.63. The van der Waals surface area contributed by atoms with E-state index in [-0.39, 0.29) is 0 Å². The van der Waals surface area contributed by atoms with Crippen molar-refractivity contribution in [3.63, 3.8) is 0 Å². The molecular weight excluding hydrogens is 394 g/mol. The number of piperidine rings is 1. The number of aryl methyl sites for hydroxylation is 1. The van der Waals surface area contributed by atoms with Crippen LogP contribution in [0.3, 0.4) is 0 Å². The molecule has 0 saturated carbocycles. The minimum Gasteiger partial charge on any atom is -0.378 e. The van der Waals surface area contributed by atoms with Crippen molar-refractivity contribution in [3.8, 4) is 0 Å². The molecule has 3 aromatic rings. The molecule has 1 fully saturated rings. The molecule has 0 aliphatic carbocycles. The average Bonchev–Trinajstić information content (AvgIpc) is 3.12. The SMILES string of the molecule is COCc1cc(N2CCC(c3ccc(Br)c(C)c3)CC2)n2ncnc2n1. The van der Waals surface area contributed by atoms with E-state index in [2.05, 4.69) is 67.1 Å². The first-order chi connectivity index (χ1) is 12.7. The van der Waals surface area contributed by atoms with E-state index in [0.29, 0.717) is 18.3 Å². The fourth-order valence-electron chi connectivity index (χ4n) is 3.65. The summed E-state index contributed by atoms with van der Waals surface area (Å²) in [6.45, 7) is 4.61. The Morgan fingerprint density at radius 2 is 2.04 bits per heavy atom. The number of hydrogen-bond acceptors (Lipinski definition) is 5. The largest absolute Gasteiger partial charge is 0.378 e. The van der Waals surface area contributed by atoms with Gasteiger partial charge >= 0.3 is 0 Å². The van der Waals surface area contributed by atoms with Gasteiger partial charge in [0.25, 0.3) is 5.78 Å². The number of ether oxygens (including phenoxy) is 1. The number of aromatic nitrogens is 4. The van der Waals surface area contributed by atoms with Gasteiger partial charge in [0, 0.05) is 30.7 Å². The van der Waals surface area contributed by atoms with Crippen molar-refractivity contribution in [2.75, 3.05) is 25.1 Å². The lowest BCUT2D eigenvalue weighted by molar-refractivity contribution is 0.181. The zero-order chi connectivity index (χ0) is 18.1. The molecule has 1 saturated heterocycles. The molecule has 6 nitrogen and oxygen atoms in total. The molecule has 1 aliphatic heterocycles. The van der Waals surface area contributed by atoms with Gasteiger partial charge in [-0.1, -0.05) is 28.1 Å². The van der Waals surface area contributed by atoms with Crippen LogP contribution < -0.4 is 4.90 Å².